The first kappa shape index (κ1) is 18.8. The van der Waals surface area contributed by atoms with E-state index in [0.29, 0.717) is 17.8 Å². The van der Waals surface area contributed by atoms with Gasteiger partial charge < -0.3 is 9.64 Å². The molecule has 2 aromatic rings. The van der Waals surface area contributed by atoms with E-state index >= 15 is 0 Å². The van der Waals surface area contributed by atoms with E-state index < -0.39 is 4.92 Å². The minimum atomic E-state index is -0.433. The molecule has 0 N–H and O–H groups in total. The predicted octanol–water partition coefficient (Wildman–Crippen LogP) is 3.28. The molecule has 1 aromatic heterocycles. The van der Waals surface area contributed by atoms with Crippen LogP contribution in [0.3, 0.4) is 0 Å². The molecule has 1 fully saturated rings. The van der Waals surface area contributed by atoms with Gasteiger partial charge in [0.05, 0.1) is 18.5 Å². The van der Waals surface area contributed by atoms with Crippen LogP contribution in [0.1, 0.15) is 31.4 Å². The van der Waals surface area contributed by atoms with E-state index in [1.165, 1.54) is 19.2 Å². The molecule has 142 valence electrons. The monoisotopic (exact) mass is 370 g/mol. The number of hydrogen-bond donors (Lipinski definition) is 0. The fraction of sp³-hybridized carbons (Fsp3) is 0.421. The number of nitro benzene ring substituents is 1. The van der Waals surface area contributed by atoms with Crippen molar-refractivity contribution in [2.24, 2.45) is 0 Å². The minimum Gasteiger partial charge on any atom is -0.469 e. The maximum atomic E-state index is 11.8. The van der Waals surface area contributed by atoms with Crippen molar-refractivity contribution in [3.05, 3.63) is 46.1 Å². The lowest BCUT2D eigenvalue weighted by Crippen LogP contribution is -2.41. The average molecular weight is 370 g/mol. The van der Waals surface area contributed by atoms with Crippen molar-refractivity contribution in [2.75, 3.05) is 18.6 Å². The van der Waals surface area contributed by atoms with Gasteiger partial charge in [0.1, 0.15) is 5.82 Å². The highest BCUT2D eigenvalue weighted by molar-refractivity contribution is 5.71. The molecule has 0 bridgehead atoms. The lowest BCUT2D eigenvalue weighted by molar-refractivity contribution is -0.384. The number of benzene rings is 1. The van der Waals surface area contributed by atoms with Crippen LogP contribution in [0.25, 0.3) is 11.4 Å². The number of carbonyl (C=O) groups is 1. The van der Waals surface area contributed by atoms with Gasteiger partial charge in [0.25, 0.3) is 5.69 Å². The fourth-order valence-electron chi connectivity index (χ4n) is 3.38. The van der Waals surface area contributed by atoms with Gasteiger partial charge >= 0.3 is 5.97 Å². The number of piperidine rings is 1. The first-order valence-corrected chi connectivity index (χ1v) is 8.92. The molecular weight excluding hydrogens is 348 g/mol. The Labute approximate surface area is 157 Å². The van der Waals surface area contributed by atoms with Gasteiger partial charge in [-0.15, -0.1) is 0 Å². The van der Waals surface area contributed by atoms with E-state index in [9.17, 15) is 14.9 Å². The summed E-state index contributed by atoms with van der Waals surface area (Å²) < 4.78 is 4.83. The summed E-state index contributed by atoms with van der Waals surface area (Å²) in [5, 5.41) is 11.1. The van der Waals surface area contributed by atoms with E-state index in [1.807, 2.05) is 13.0 Å². The van der Waals surface area contributed by atoms with Gasteiger partial charge in [0, 0.05) is 42.0 Å². The number of aryl methyl sites for hydroxylation is 1. The van der Waals surface area contributed by atoms with E-state index in [0.717, 1.165) is 37.3 Å². The summed E-state index contributed by atoms with van der Waals surface area (Å²) in [5.74, 6) is 0.935. The molecule has 1 unspecified atom stereocenters. The summed E-state index contributed by atoms with van der Waals surface area (Å²) in [4.78, 5) is 33.6. The molecule has 8 nitrogen and oxygen atoms in total. The molecule has 0 amide bonds. The van der Waals surface area contributed by atoms with E-state index in [-0.39, 0.29) is 17.7 Å². The fourth-order valence-corrected chi connectivity index (χ4v) is 3.38. The zero-order valence-electron chi connectivity index (χ0n) is 15.4. The maximum Gasteiger partial charge on any atom is 0.307 e. The smallest absolute Gasteiger partial charge is 0.307 e. The lowest BCUT2D eigenvalue weighted by atomic mass is 9.99. The number of anilines is 1. The van der Waals surface area contributed by atoms with Crippen molar-refractivity contribution < 1.29 is 14.5 Å². The predicted molar refractivity (Wildman–Crippen MR) is 100 cm³/mol. The first-order chi connectivity index (χ1) is 13.0. The first-order valence-electron chi connectivity index (χ1n) is 8.92. The summed E-state index contributed by atoms with van der Waals surface area (Å²) in [5.41, 5.74) is 1.36. The zero-order valence-corrected chi connectivity index (χ0v) is 15.4. The van der Waals surface area contributed by atoms with E-state index in [2.05, 4.69) is 14.9 Å². The Balaban J connectivity index is 1.95. The topological polar surface area (TPSA) is 98.5 Å². The number of esters is 1. The van der Waals surface area contributed by atoms with Crippen LogP contribution in [0.2, 0.25) is 0 Å². The molecule has 8 heteroatoms. The van der Waals surface area contributed by atoms with Crippen molar-refractivity contribution in [1.29, 1.82) is 0 Å². The summed E-state index contributed by atoms with van der Waals surface area (Å²) in [6.07, 6.45) is 3.28. The number of non-ortho nitro benzene ring substituents is 1. The highest BCUT2D eigenvalue weighted by Crippen LogP contribution is 2.28. The van der Waals surface area contributed by atoms with E-state index in [4.69, 9.17) is 4.74 Å². The number of ether oxygens (including phenoxy) is 1. The van der Waals surface area contributed by atoms with Crippen LogP contribution in [-0.4, -0.2) is 40.6 Å². The molecule has 27 heavy (non-hydrogen) atoms. The van der Waals surface area contributed by atoms with Gasteiger partial charge in [-0.3, -0.25) is 14.9 Å². The molecule has 2 heterocycles. The molecule has 0 aliphatic carbocycles. The van der Waals surface area contributed by atoms with Crippen LogP contribution in [-0.2, 0) is 9.53 Å². The van der Waals surface area contributed by atoms with Crippen LogP contribution < -0.4 is 4.90 Å². The van der Waals surface area contributed by atoms with Gasteiger partial charge in [-0.2, -0.15) is 0 Å². The number of aromatic nitrogens is 2. The molecule has 3 rings (SSSR count). The summed E-state index contributed by atoms with van der Waals surface area (Å²) in [6.45, 7) is 2.66. The van der Waals surface area contributed by atoms with Crippen LogP contribution in [0, 0.1) is 17.0 Å². The van der Waals surface area contributed by atoms with Crippen molar-refractivity contribution in [1.82, 2.24) is 9.97 Å². The minimum absolute atomic E-state index is 0.000645. The molecule has 1 aliphatic rings. The van der Waals surface area contributed by atoms with Crippen molar-refractivity contribution in [2.45, 2.75) is 38.6 Å². The normalized spacial score (nSPS) is 16.8. The third kappa shape index (κ3) is 4.39. The Hall–Kier alpha value is -3.03. The number of hydrogen-bond acceptors (Lipinski definition) is 7. The Bertz CT molecular complexity index is 855. The largest absolute Gasteiger partial charge is 0.469 e. The molecule has 1 aromatic carbocycles. The van der Waals surface area contributed by atoms with Gasteiger partial charge in [-0.1, -0.05) is 12.1 Å². The molecule has 1 saturated heterocycles. The number of methoxy groups -OCH3 is 1. The summed E-state index contributed by atoms with van der Waals surface area (Å²) >= 11 is 0. The molecule has 0 radical (unpaired) electrons. The highest BCUT2D eigenvalue weighted by atomic mass is 16.6. The van der Waals surface area contributed by atoms with Crippen LogP contribution in [0.5, 0.6) is 0 Å². The number of nitrogens with zero attached hydrogens (tertiary/aromatic N) is 4. The Morgan fingerprint density at radius 3 is 2.89 bits per heavy atom. The van der Waals surface area contributed by atoms with Crippen molar-refractivity contribution in [3.63, 3.8) is 0 Å². The van der Waals surface area contributed by atoms with Crippen LogP contribution >= 0.6 is 0 Å². The van der Waals surface area contributed by atoms with Crippen molar-refractivity contribution in [3.8, 4) is 11.4 Å². The second kappa shape index (κ2) is 8.11. The number of rotatable bonds is 5. The summed E-state index contributed by atoms with van der Waals surface area (Å²) in [6, 6.07) is 8.21. The van der Waals surface area contributed by atoms with Crippen LogP contribution in [0.15, 0.2) is 30.3 Å². The Kier molecular flexibility index (Phi) is 5.63. The van der Waals surface area contributed by atoms with Gasteiger partial charge in [-0.25, -0.2) is 9.97 Å². The molecule has 1 aliphatic heterocycles. The zero-order chi connectivity index (χ0) is 19.4. The molecular formula is C19H22N4O4. The number of carbonyl (C=O) groups excluding carboxylic acids is 1. The van der Waals surface area contributed by atoms with Crippen molar-refractivity contribution >= 4 is 17.5 Å². The second-order valence-electron chi connectivity index (χ2n) is 6.62. The van der Waals surface area contributed by atoms with Gasteiger partial charge in [-0.05, 0) is 26.2 Å². The third-order valence-corrected chi connectivity index (χ3v) is 4.71. The SMILES string of the molecule is COC(=O)CC1CCCCN1c1cc(C)nc(-c2cccc([N+](=O)[O-])c2)n1. The molecule has 0 saturated carbocycles. The van der Waals surface area contributed by atoms with E-state index in [1.54, 1.807) is 12.1 Å². The highest BCUT2D eigenvalue weighted by Gasteiger charge is 2.27. The third-order valence-electron chi connectivity index (χ3n) is 4.71. The number of nitro groups is 1. The summed E-state index contributed by atoms with van der Waals surface area (Å²) in [7, 11) is 1.39. The average Bonchev–Trinajstić information content (AvgIpc) is 2.68. The quantitative estimate of drug-likeness (QED) is 0.452. The molecule has 1 atom stereocenters. The maximum absolute atomic E-state index is 11.8. The van der Waals surface area contributed by atoms with Gasteiger partial charge in [0.15, 0.2) is 5.82 Å². The second-order valence-corrected chi connectivity index (χ2v) is 6.62. The lowest BCUT2D eigenvalue weighted by Gasteiger charge is -2.36. The van der Waals surface area contributed by atoms with Crippen LogP contribution in [0.4, 0.5) is 11.5 Å². The Morgan fingerprint density at radius 1 is 1.33 bits per heavy atom. The standard InChI is InChI=1S/C19H22N4O4/c1-13-10-17(22-9-4-3-7-15(22)12-18(24)27-2)21-19(20-13)14-6-5-8-16(11-14)23(25)26/h5-6,8,10-11,15H,3-4,7,9,12H2,1-2H3. The Morgan fingerprint density at radius 2 is 2.15 bits per heavy atom. The molecule has 0 spiro atoms. The van der Waals surface area contributed by atoms with Gasteiger partial charge in [0.2, 0.25) is 0 Å².